The van der Waals surface area contributed by atoms with Gasteiger partial charge in [-0.1, -0.05) is 48.5 Å². The fourth-order valence-electron chi connectivity index (χ4n) is 4.92. The molecule has 10 nitrogen and oxygen atoms in total. The van der Waals surface area contributed by atoms with Gasteiger partial charge in [-0.3, -0.25) is 19.8 Å². The molecule has 0 atom stereocenters. The molecule has 5 rings (SSSR count). The van der Waals surface area contributed by atoms with E-state index in [-0.39, 0.29) is 16.1 Å². The normalized spacial score (nSPS) is 13.8. The third kappa shape index (κ3) is 8.16. The van der Waals surface area contributed by atoms with Crippen LogP contribution >= 0.6 is 11.8 Å². The standard InChI is InChI=1S/C32H33N5O5S2/c38-32(26-11-13-27(14-12-26)36-20-18-35(19-21-36)24-25-7-3-1-4-8-25)34-44(41,42)29-15-16-30(31(23-29)37(39)40)33-17-22-43-28-9-5-2-6-10-28/h1-16,23,33H,17-22,24H2,(H,34,38). The summed E-state index contributed by atoms with van der Waals surface area (Å²) in [6, 6.07) is 30.4. The Morgan fingerprint density at radius 1 is 0.864 bits per heavy atom. The third-order valence-electron chi connectivity index (χ3n) is 7.25. The van der Waals surface area contributed by atoms with Gasteiger partial charge in [0.15, 0.2) is 0 Å². The Kier molecular flexibility index (Phi) is 10.2. The molecule has 44 heavy (non-hydrogen) atoms. The molecule has 228 valence electrons. The monoisotopic (exact) mass is 631 g/mol. The molecule has 1 amide bonds. The highest BCUT2D eigenvalue weighted by Crippen LogP contribution is 2.28. The maximum atomic E-state index is 13.0. The Labute approximate surface area is 261 Å². The third-order valence-corrected chi connectivity index (χ3v) is 9.59. The largest absolute Gasteiger partial charge is 0.379 e. The van der Waals surface area contributed by atoms with Crippen molar-refractivity contribution in [3.8, 4) is 0 Å². The van der Waals surface area contributed by atoms with E-state index < -0.39 is 26.5 Å². The number of amides is 1. The molecular weight excluding hydrogens is 599 g/mol. The summed E-state index contributed by atoms with van der Waals surface area (Å²) in [5.41, 5.74) is 2.21. The van der Waals surface area contributed by atoms with Crippen LogP contribution in [0, 0.1) is 10.1 Å². The maximum absolute atomic E-state index is 13.0. The SMILES string of the molecule is O=C(NS(=O)(=O)c1ccc(NCCSc2ccccc2)c([N+](=O)[O-])c1)c1ccc(N2CCN(Cc3ccccc3)CC2)cc1. The lowest BCUT2D eigenvalue weighted by molar-refractivity contribution is -0.384. The molecule has 0 radical (unpaired) electrons. The predicted octanol–water partition coefficient (Wildman–Crippen LogP) is 5.24. The molecule has 0 aliphatic carbocycles. The number of nitrogens with zero attached hydrogens (tertiary/aromatic N) is 3. The van der Waals surface area contributed by atoms with Gasteiger partial charge in [0.05, 0.1) is 9.82 Å². The second-order valence-electron chi connectivity index (χ2n) is 10.3. The summed E-state index contributed by atoms with van der Waals surface area (Å²) in [4.78, 5) is 29.3. The molecule has 0 aromatic heterocycles. The number of hydrogen-bond acceptors (Lipinski definition) is 9. The van der Waals surface area contributed by atoms with Crippen molar-refractivity contribution >= 4 is 44.8 Å². The summed E-state index contributed by atoms with van der Waals surface area (Å²) in [7, 11) is -4.36. The highest BCUT2D eigenvalue weighted by molar-refractivity contribution is 7.99. The molecule has 1 saturated heterocycles. The van der Waals surface area contributed by atoms with Crippen LogP contribution in [0.4, 0.5) is 17.1 Å². The minimum absolute atomic E-state index is 0.170. The molecule has 4 aromatic carbocycles. The summed E-state index contributed by atoms with van der Waals surface area (Å²) in [5, 5.41) is 14.7. The zero-order valence-corrected chi connectivity index (χ0v) is 25.6. The number of hydrogen-bond donors (Lipinski definition) is 2. The van der Waals surface area contributed by atoms with E-state index >= 15 is 0 Å². The van der Waals surface area contributed by atoms with Gasteiger partial charge in [0.25, 0.3) is 21.6 Å². The van der Waals surface area contributed by atoms with E-state index in [9.17, 15) is 23.3 Å². The van der Waals surface area contributed by atoms with Gasteiger partial charge < -0.3 is 10.2 Å². The fourth-order valence-corrected chi connectivity index (χ4v) is 6.70. The summed E-state index contributed by atoms with van der Waals surface area (Å²) < 4.78 is 28.0. The fraction of sp³-hybridized carbons (Fsp3) is 0.219. The Hall–Kier alpha value is -4.39. The number of piperazine rings is 1. The van der Waals surface area contributed by atoms with E-state index in [1.165, 1.54) is 17.7 Å². The molecule has 1 fully saturated rings. The number of sulfonamides is 1. The minimum atomic E-state index is -4.36. The van der Waals surface area contributed by atoms with E-state index in [1.807, 2.05) is 53.3 Å². The van der Waals surface area contributed by atoms with Crippen LogP contribution in [-0.4, -0.2) is 62.6 Å². The predicted molar refractivity (Wildman–Crippen MR) is 174 cm³/mol. The summed E-state index contributed by atoms with van der Waals surface area (Å²) in [6.45, 7) is 4.82. The molecule has 1 aliphatic heterocycles. The van der Waals surface area contributed by atoms with E-state index in [0.29, 0.717) is 12.3 Å². The smallest absolute Gasteiger partial charge is 0.293 e. The number of carbonyl (C=O) groups is 1. The average molecular weight is 632 g/mol. The second-order valence-corrected chi connectivity index (χ2v) is 13.1. The van der Waals surface area contributed by atoms with Gasteiger partial charge in [-0.2, -0.15) is 0 Å². The topological polar surface area (TPSA) is 125 Å². The number of nitro groups is 1. The number of carbonyl (C=O) groups excluding carboxylic acids is 1. The molecule has 12 heteroatoms. The van der Waals surface area contributed by atoms with Gasteiger partial charge in [0.1, 0.15) is 5.69 Å². The van der Waals surface area contributed by atoms with Crippen LogP contribution in [0.3, 0.4) is 0 Å². The minimum Gasteiger partial charge on any atom is -0.379 e. The summed E-state index contributed by atoms with van der Waals surface area (Å²) in [5.74, 6) is -0.160. The highest BCUT2D eigenvalue weighted by atomic mass is 32.2. The number of nitro benzene ring substituents is 1. The van der Waals surface area contributed by atoms with Crippen LogP contribution < -0.4 is 14.9 Å². The van der Waals surface area contributed by atoms with Crippen molar-refractivity contribution in [2.45, 2.75) is 16.3 Å². The van der Waals surface area contributed by atoms with Crippen LogP contribution in [0.2, 0.25) is 0 Å². The Balaban J connectivity index is 1.16. The number of rotatable bonds is 12. The lowest BCUT2D eigenvalue weighted by Crippen LogP contribution is -2.46. The molecule has 2 N–H and O–H groups in total. The zero-order chi connectivity index (χ0) is 30.9. The lowest BCUT2D eigenvalue weighted by atomic mass is 10.1. The molecule has 0 bridgehead atoms. The van der Waals surface area contributed by atoms with Gasteiger partial charge in [-0.05, 0) is 54.1 Å². The van der Waals surface area contributed by atoms with Gasteiger partial charge in [-0.15, -0.1) is 11.8 Å². The van der Waals surface area contributed by atoms with Crippen LogP contribution in [0.25, 0.3) is 0 Å². The van der Waals surface area contributed by atoms with Crippen LogP contribution in [-0.2, 0) is 16.6 Å². The first-order valence-electron chi connectivity index (χ1n) is 14.2. The number of benzene rings is 4. The van der Waals surface area contributed by atoms with Crippen molar-refractivity contribution < 1.29 is 18.1 Å². The van der Waals surface area contributed by atoms with Crippen LogP contribution in [0.5, 0.6) is 0 Å². The summed E-state index contributed by atoms with van der Waals surface area (Å²) in [6.07, 6.45) is 0. The number of nitrogens with one attached hydrogen (secondary N) is 2. The maximum Gasteiger partial charge on any atom is 0.293 e. The molecule has 1 aliphatic rings. The Bertz CT molecular complexity index is 1680. The van der Waals surface area contributed by atoms with Gasteiger partial charge in [0.2, 0.25) is 0 Å². The summed E-state index contributed by atoms with van der Waals surface area (Å²) >= 11 is 1.59. The van der Waals surface area contributed by atoms with E-state index in [4.69, 9.17) is 0 Å². The highest BCUT2D eigenvalue weighted by Gasteiger charge is 2.24. The molecular formula is C32H33N5O5S2. The molecule has 1 heterocycles. The van der Waals surface area contributed by atoms with Crippen molar-refractivity contribution in [2.75, 3.05) is 48.7 Å². The van der Waals surface area contributed by atoms with Gasteiger partial charge in [0, 0.05) is 67.2 Å². The molecule has 0 saturated carbocycles. The first kappa shape index (κ1) is 31.0. The average Bonchev–Trinajstić information content (AvgIpc) is 3.04. The zero-order valence-electron chi connectivity index (χ0n) is 24.0. The van der Waals surface area contributed by atoms with Gasteiger partial charge in [-0.25, -0.2) is 13.1 Å². The van der Waals surface area contributed by atoms with E-state index in [0.717, 1.165) is 49.4 Å². The van der Waals surface area contributed by atoms with Crippen LogP contribution in [0.15, 0.2) is 113 Å². The van der Waals surface area contributed by atoms with E-state index in [2.05, 4.69) is 27.2 Å². The van der Waals surface area contributed by atoms with Gasteiger partial charge >= 0.3 is 0 Å². The molecule has 0 unspecified atom stereocenters. The Morgan fingerprint density at radius 3 is 2.18 bits per heavy atom. The second kappa shape index (κ2) is 14.4. The lowest BCUT2D eigenvalue weighted by Gasteiger charge is -2.36. The first-order chi connectivity index (χ1) is 21.3. The quantitative estimate of drug-likeness (QED) is 0.0935. The molecule has 4 aromatic rings. The van der Waals surface area contributed by atoms with Crippen molar-refractivity contribution in [1.29, 1.82) is 0 Å². The van der Waals surface area contributed by atoms with E-state index in [1.54, 1.807) is 36.0 Å². The Morgan fingerprint density at radius 2 is 1.52 bits per heavy atom. The van der Waals surface area contributed by atoms with Crippen molar-refractivity contribution in [1.82, 2.24) is 9.62 Å². The van der Waals surface area contributed by atoms with Crippen molar-refractivity contribution in [2.24, 2.45) is 0 Å². The first-order valence-corrected chi connectivity index (χ1v) is 16.6. The number of thioether (sulfide) groups is 1. The van der Waals surface area contributed by atoms with Crippen LogP contribution in [0.1, 0.15) is 15.9 Å². The molecule has 0 spiro atoms. The van der Waals surface area contributed by atoms with Crippen molar-refractivity contribution in [3.05, 3.63) is 124 Å². The van der Waals surface area contributed by atoms with Crippen molar-refractivity contribution in [3.63, 3.8) is 0 Å². The number of anilines is 2.